The summed E-state index contributed by atoms with van der Waals surface area (Å²) in [6, 6.07) is 7.42. The van der Waals surface area contributed by atoms with E-state index in [4.69, 9.17) is 11.6 Å². The first-order valence-corrected chi connectivity index (χ1v) is 7.26. The Kier molecular flexibility index (Phi) is 4.78. The van der Waals surface area contributed by atoms with Crippen molar-refractivity contribution in [3.63, 3.8) is 0 Å². The van der Waals surface area contributed by atoms with E-state index in [1.54, 1.807) is 4.57 Å². The molecule has 0 aliphatic heterocycles. The second-order valence-electron chi connectivity index (χ2n) is 5.12. The summed E-state index contributed by atoms with van der Waals surface area (Å²) in [5.74, 6) is 0.666. The van der Waals surface area contributed by atoms with Gasteiger partial charge in [0.05, 0.1) is 16.3 Å². The summed E-state index contributed by atoms with van der Waals surface area (Å²) >= 11 is 6.35. The molecule has 1 heterocycles. The number of rotatable bonds is 5. The molecule has 5 heteroatoms. The van der Waals surface area contributed by atoms with Crippen LogP contribution in [0.3, 0.4) is 0 Å². The van der Waals surface area contributed by atoms with E-state index in [-0.39, 0.29) is 10.9 Å². The SMILES string of the molecule is CCC(Cl)c1nc2ccccc2c(=O)n1CCN(C)C. The first kappa shape index (κ1) is 15.0. The maximum atomic E-state index is 12.6. The maximum Gasteiger partial charge on any atom is 0.261 e. The topological polar surface area (TPSA) is 38.1 Å². The quantitative estimate of drug-likeness (QED) is 0.796. The van der Waals surface area contributed by atoms with Gasteiger partial charge >= 0.3 is 0 Å². The summed E-state index contributed by atoms with van der Waals surface area (Å²) in [4.78, 5) is 19.3. The molecule has 1 aromatic carbocycles. The fourth-order valence-corrected chi connectivity index (χ4v) is 2.29. The highest BCUT2D eigenvalue weighted by molar-refractivity contribution is 6.20. The molecule has 1 atom stereocenters. The van der Waals surface area contributed by atoms with Crippen molar-refractivity contribution in [2.45, 2.75) is 25.3 Å². The van der Waals surface area contributed by atoms with Gasteiger partial charge in [-0.1, -0.05) is 19.1 Å². The second-order valence-corrected chi connectivity index (χ2v) is 5.65. The Morgan fingerprint density at radius 1 is 1.35 bits per heavy atom. The van der Waals surface area contributed by atoms with Crippen LogP contribution in [-0.4, -0.2) is 35.1 Å². The third kappa shape index (κ3) is 3.02. The number of hydrogen-bond acceptors (Lipinski definition) is 3. The monoisotopic (exact) mass is 293 g/mol. The molecular weight excluding hydrogens is 274 g/mol. The van der Waals surface area contributed by atoms with Crippen molar-refractivity contribution in [3.05, 3.63) is 40.4 Å². The molecule has 108 valence electrons. The number of benzene rings is 1. The van der Waals surface area contributed by atoms with Gasteiger partial charge in [-0.2, -0.15) is 0 Å². The van der Waals surface area contributed by atoms with Crippen LogP contribution in [0.5, 0.6) is 0 Å². The average Bonchev–Trinajstić information content (AvgIpc) is 2.45. The molecule has 4 nitrogen and oxygen atoms in total. The van der Waals surface area contributed by atoms with Crippen LogP contribution in [0.4, 0.5) is 0 Å². The molecule has 0 radical (unpaired) electrons. The lowest BCUT2D eigenvalue weighted by atomic mass is 10.2. The van der Waals surface area contributed by atoms with Crippen LogP contribution in [0, 0.1) is 0 Å². The fourth-order valence-electron chi connectivity index (χ4n) is 2.12. The van der Waals surface area contributed by atoms with Gasteiger partial charge < -0.3 is 4.90 Å². The first-order valence-electron chi connectivity index (χ1n) is 6.83. The third-order valence-corrected chi connectivity index (χ3v) is 3.80. The van der Waals surface area contributed by atoms with Gasteiger partial charge in [-0.05, 0) is 32.6 Å². The smallest absolute Gasteiger partial charge is 0.261 e. The molecule has 0 saturated heterocycles. The Morgan fingerprint density at radius 2 is 2.05 bits per heavy atom. The molecule has 0 N–H and O–H groups in total. The molecular formula is C15H20ClN3O. The lowest BCUT2D eigenvalue weighted by Crippen LogP contribution is -2.30. The number of alkyl halides is 1. The van der Waals surface area contributed by atoms with E-state index in [2.05, 4.69) is 4.98 Å². The predicted octanol–water partition coefficient (Wildman–Crippen LogP) is 2.65. The minimum atomic E-state index is -0.241. The van der Waals surface area contributed by atoms with Crippen LogP contribution < -0.4 is 5.56 Å². The molecule has 0 aliphatic rings. The van der Waals surface area contributed by atoms with Gasteiger partial charge in [-0.25, -0.2) is 4.98 Å². The van der Waals surface area contributed by atoms with Crippen molar-refractivity contribution in [2.75, 3.05) is 20.6 Å². The predicted molar refractivity (Wildman–Crippen MR) is 83.4 cm³/mol. The highest BCUT2D eigenvalue weighted by atomic mass is 35.5. The van der Waals surface area contributed by atoms with Gasteiger partial charge in [0, 0.05) is 13.1 Å². The Balaban J connectivity index is 2.60. The fraction of sp³-hybridized carbons (Fsp3) is 0.467. The average molecular weight is 294 g/mol. The van der Waals surface area contributed by atoms with Gasteiger partial charge in [0.15, 0.2) is 0 Å². The van der Waals surface area contributed by atoms with E-state index in [0.29, 0.717) is 23.3 Å². The zero-order chi connectivity index (χ0) is 14.7. The van der Waals surface area contributed by atoms with Gasteiger partial charge in [0.2, 0.25) is 0 Å². The van der Waals surface area contributed by atoms with Crippen molar-refractivity contribution in [1.29, 1.82) is 0 Å². The zero-order valence-corrected chi connectivity index (χ0v) is 12.9. The van der Waals surface area contributed by atoms with Crippen LogP contribution in [0.15, 0.2) is 29.1 Å². The van der Waals surface area contributed by atoms with Crippen LogP contribution in [0.1, 0.15) is 24.5 Å². The van der Waals surface area contributed by atoms with Crippen molar-refractivity contribution < 1.29 is 0 Å². The molecule has 0 spiro atoms. The van der Waals surface area contributed by atoms with Crippen molar-refractivity contribution in [3.8, 4) is 0 Å². The second kappa shape index (κ2) is 6.37. The standard InChI is InChI=1S/C15H20ClN3O/c1-4-12(16)14-17-13-8-6-5-7-11(13)15(20)19(14)10-9-18(2)3/h5-8,12H,4,9-10H2,1-3H3. The lowest BCUT2D eigenvalue weighted by molar-refractivity contribution is 0.375. The molecule has 0 bridgehead atoms. The maximum absolute atomic E-state index is 12.6. The van der Waals surface area contributed by atoms with E-state index < -0.39 is 0 Å². The summed E-state index contributed by atoms with van der Waals surface area (Å²) in [7, 11) is 3.97. The number of halogens is 1. The van der Waals surface area contributed by atoms with E-state index in [9.17, 15) is 4.79 Å². The number of likely N-dealkylation sites (N-methyl/N-ethyl adjacent to an activating group) is 1. The van der Waals surface area contributed by atoms with Gasteiger partial charge in [-0.15, -0.1) is 11.6 Å². The summed E-state index contributed by atoms with van der Waals surface area (Å²) in [5, 5.41) is 0.407. The van der Waals surface area contributed by atoms with Crippen LogP contribution >= 0.6 is 11.6 Å². The molecule has 20 heavy (non-hydrogen) atoms. The van der Waals surface area contributed by atoms with E-state index in [1.807, 2.05) is 50.2 Å². The first-order chi connectivity index (χ1) is 9.54. The van der Waals surface area contributed by atoms with Crippen LogP contribution in [0.2, 0.25) is 0 Å². The van der Waals surface area contributed by atoms with E-state index in [1.165, 1.54) is 0 Å². The zero-order valence-electron chi connectivity index (χ0n) is 12.1. The Bertz CT molecular complexity index is 651. The minimum Gasteiger partial charge on any atom is -0.308 e. The lowest BCUT2D eigenvalue weighted by Gasteiger charge is -2.18. The number of fused-ring (bicyclic) bond motifs is 1. The minimum absolute atomic E-state index is 0.00782. The number of para-hydroxylation sites is 1. The third-order valence-electron chi connectivity index (χ3n) is 3.30. The summed E-state index contributed by atoms with van der Waals surface area (Å²) < 4.78 is 1.71. The molecule has 2 aromatic rings. The van der Waals surface area contributed by atoms with Crippen LogP contribution in [-0.2, 0) is 6.54 Å². The van der Waals surface area contributed by atoms with Gasteiger partial charge in [0.25, 0.3) is 5.56 Å². The van der Waals surface area contributed by atoms with Gasteiger partial charge in [0.1, 0.15) is 5.82 Å². The van der Waals surface area contributed by atoms with Crippen molar-refractivity contribution in [1.82, 2.24) is 14.5 Å². The molecule has 0 fully saturated rings. The summed E-state index contributed by atoms with van der Waals surface area (Å²) in [5.41, 5.74) is 0.708. The van der Waals surface area contributed by atoms with Crippen LogP contribution in [0.25, 0.3) is 10.9 Å². The normalized spacial score (nSPS) is 13.1. The summed E-state index contributed by atoms with van der Waals surface area (Å²) in [6.45, 7) is 3.37. The van der Waals surface area contributed by atoms with Gasteiger partial charge in [-0.3, -0.25) is 9.36 Å². The Labute approximate surface area is 124 Å². The molecule has 1 unspecified atom stereocenters. The largest absolute Gasteiger partial charge is 0.308 e. The number of hydrogen-bond donors (Lipinski definition) is 0. The number of aromatic nitrogens is 2. The van der Waals surface area contributed by atoms with E-state index in [0.717, 1.165) is 13.0 Å². The van der Waals surface area contributed by atoms with E-state index >= 15 is 0 Å². The highest BCUT2D eigenvalue weighted by Gasteiger charge is 2.16. The Hall–Kier alpha value is -1.39. The number of nitrogens with zero attached hydrogens (tertiary/aromatic N) is 3. The highest BCUT2D eigenvalue weighted by Crippen LogP contribution is 2.22. The summed E-state index contributed by atoms with van der Waals surface area (Å²) in [6.07, 6.45) is 0.744. The molecule has 2 rings (SSSR count). The molecule has 0 amide bonds. The molecule has 0 saturated carbocycles. The Morgan fingerprint density at radius 3 is 2.70 bits per heavy atom. The molecule has 0 aliphatic carbocycles. The van der Waals surface area contributed by atoms with Crippen molar-refractivity contribution >= 4 is 22.5 Å². The van der Waals surface area contributed by atoms with Crippen molar-refractivity contribution in [2.24, 2.45) is 0 Å². The molecule has 1 aromatic heterocycles.